The first-order valence-corrected chi connectivity index (χ1v) is 6.40. The standard InChI is InChI=1S/C11H13ClN4O4/c12-10-9(16(19)20)8(3-4-13-10)14-7-2-1-5-15(6-7)11(17)18/h3-4,7H,1-2,5-6H2,(H,13,14)(H,17,18). The summed E-state index contributed by atoms with van der Waals surface area (Å²) < 4.78 is 0. The van der Waals surface area contributed by atoms with E-state index in [1.165, 1.54) is 17.2 Å². The molecule has 0 radical (unpaired) electrons. The van der Waals surface area contributed by atoms with Crippen LogP contribution in [0.1, 0.15) is 12.8 Å². The summed E-state index contributed by atoms with van der Waals surface area (Å²) >= 11 is 5.72. The summed E-state index contributed by atoms with van der Waals surface area (Å²) in [4.78, 5) is 26.3. The fourth-order valence-electron chi connectivity index (χ4n) is 2.21. The Hall–Kier alpha value is -2.09. The normalized spacial score (nSPS) is 18.6. The highest BCUT2D eigenvalue weighted by molar-refractivity contribution is 6.32. The van der Waals surface area contributed by atoms with Crippen molar-refractivity contribution in [2.45, 2.75) is 18.9 Å². The zero-order chi connectivity index (χ0) is 14.7. The molecule has 1 atom stereocenters. The number of carbonyl (C=O) groups is 1. The van der Waals surface area contributed by atoms with Crippen molar-refractivity contribution in [2.24, 2.45) is 0 Å². The Bertz CT molecular complexity index is 539. The first-order chi connectivity index (χ1) is 9.49. The number of pyridine rings is 1. The predicted molar refractivity (Wildman–Crippen MR) is 72.1 cm³/mol. The third-order valence-corrected chi connectivity index (χ3v) is 3.39. The molecule has 1 unspecified atom stereocenters. The fourth-order valence-corrected chi connectivity index (χ4v) is 2.43. The molecule has 1 saturated heterocycles. The second-order valence-corrected chi connectivity index (χ2v) is 4.83. The van der Waals surface area contributed by atoms with E-state index in [-0.39, 0.29) is 29.1 Å². The second-order valence-electron chi connectivity index (χ2n) is 4.47. The van der Waals surface area contributed by atoms with Gasteiger partial charge in [-0.25, -0.2) is 9.78 Å². The Balaban J connectivity index is 2.16. The van der Waals surface area contributed by atoms with E-state index >= 15 is 0 Å². The van der Waals surface area contributed by atoms with E-state index in [1.807, 2.05) is 0 Å². The van der Waals surface area contributed by atoms with E-state index < -0.39 is 11.0 Å². The van der Waals surface area contributed by atoms with Gasteiger partial charge in [-0.05, 0) is 18.9 Å². The lowest BCUT2D eigenvalue weighted by Crippen LogP contribution is -2.44. The Morgan fingerprint density at radius 2 is 2.40 bits per heavy atom. The minimum atomic E-state index is -0.987. The highest BCUT2D eigenvalue weighted by Gasteiger charge is 2.26. The Kier molecular flexibility index (Phi) is 4.23. The van der Waals surface area contributed by atoms with Gasteiger partial charge in [0.25, 0.3) is 0 Å². The summed E-state index contributed by atoms with van der Waals surface area (Å²) in [5, 5.41) is 22.8. The molecule has 2 heterocycles. The van der Waals surface area contributed by atoms with Gasteiger partial charge >= 0.3 is 11.8 Å². The number of piperidine rings is 1. The van der Waals surface area contributed by atoms with Crippen LogP contribution in [0.2, 0.25) is 5.15 Å². The van der Waals surface area contributed by atoms with Crippen LogP contribution in [0.4, 0.5) is 16.2 Å². The van der Waals surface area contributed by atoms with Crippen LogP contribution in [0, 0.1) is 10.1 Å². The van der Waals surface area contributed by atoms with Gasteiger partial charge in [0.1, 0.15) is 5.69 Å². The minimum absolute atomic E-state index is 0.183. The molecule has 0 aromatic carbocycles. The second kappa shape index (κ2) is 5.91. The average molecular weight is 301 g/mol. The number of nitro groups is 1. The summed E-state index contributed by atoms with van der Waals surface area (Å²) in [5.41, 5.74) is -0.0335. The van der Waals surface area contributed by atoms with Crippen molar-refractivity contribution in [3.8, 4) is 0 Å². The number of rotatable bonds is 3. The molecule has 1 amide bonds. The van der Waals surface area contributed by atoms with Crippen molar-refractivity contribution in [1.29, 1.82) is 0 Å². The monoisotopic (exact) mass is 300 g/mol. The van der Waals surface area contributed by atoms with Crippen molar-refractivity contribution < 1.29 is 14.8 Å². The molecule has 0 aliphatic carbocycles. The average Bonchev–Trinajstić information content (AvgIpc) is 2.38. The van der Waals surface area contributed by atoms with Crippen LogP contribution >= 0.6 is 11.6 Å². The summed E-state index contributed by atoms with van der Waals surface area (Å²) in [6.45, 7) is 0.763. The molecule has 2 rings (SSSR count). The molecule has 1 aliphatic rings. The SMILES string of the molecule is O=C(O)N1CCCC(Nc2ccnc(Cl)c2[N+](=O)[O-])C1. The summed E-state index contributed by atoms with van der Waals surface area (Å²) in [7, 11) is 0. The zero-order valence-electron chi connectivity index (χ0n) is 10.5. The molecule has 9 heteroatoms. The molecule has 0 spiro atoms. The molecule has 1 aliphatic heterocycles. The van der Waals surface area contributed by atoms with Crippen molar-refractivity contribution in [2.75, 3.05) is 18.4 Å². The number of nitrogens with one attached hydrogen (secondary N) is 1. The van der Waals surface area contributed by atoms with Gasteiger partial charge in [-0.3, -0.25) is 10.1 Å². The van der Waals surface area contributed by atoms with Crippen molar-refractivity contribution in [3.63, 3.8) is 0 Å². The first kappa shape index (κ1) is 14.3. The number of likely N-dealkylation sites (tertiary alicyclic amines) is 1. The van der Waals surface area contributed by atoms with Crippen LogP contribution in [0.25, 0.3) is 0 Å². The van der Waals surface area contributed by atoms with Crippen LogP contribution in [0.5, 0.6) is 0 Å². The van der Waals surface area contributed by atoms with Gasteiger partial charge in [0, 0.05) is 25.3 Å². The van der Waals surface area contributed by atoms with Gasteiger partial charge in [0.05, 0.1) is 4.92 Å². The Labute approximate surface area is 119 Å². The van der Waals surface area contributed by atoms with Gasteiger partial charge in [-0.1, -0.05) is 11.6 Å². The lowest BCUT2D eigenvalue weighted by atomic mass is 10.1. The molecular weight excluding hydrogens is 288 g/mol. The maximum absolute atomic E-state index is 11.0. The first-order valence-electron chi connectivity index (χ1n) is 6.02. The number of carboxylic acid groups (broad SMARTS) is 1. The third-order valence-electron chi connectivity index (χ3n) is 3.11. The highest BCUT2D eigenvalue weighted by Crippen LogP contribution is 2.31. The van der Waals surface area contributed by atoms with E-state index in [4.69, 9.17) is 16.7 Å². The topological polar surface area (TPSA) is 109 Å². The molecule has 2 N–H and O–H groups in total. The maximum atomic E-state index is 11.0. The van der Waals surface area contributed by atoms with Crippen molar-refractivity contribution in [3.05, 3.63) is 27.5 Å². The summed E-state index contributed by atoms with van der Waals surface area (Å²) in [6.07, 6.45) is 1.83. The van der Waals surface area contributed by atoms with Crippen LogP contribution in [0.15, 0.2) is 12.3 Å². The van der Waals surface area contributed by atoms with Crippen LogP contribution in [-0.4, -0.2) is 45.1 Å². The highest BCUT2D eigenvalue weighted by atomic mass is 35.5. The van der Waals surface area contributed by atoms with Gasteiger partial charge in [0.15, 0.2) is 0 Å². The van der Waals surface area contributed by atoms with Crippen LogP contribution in [-0.2, 0) is 0 Å². The number of hydrogen-bond acceptors (Lipinski definition) is 5. The van der Waals surface area contributed by atoms with E-state index in [9.17, 15) is 14.9 Å². The quantitative estimate of drug-likeness (QED) is 0.503. The number of anilines is 1. The number of hydrogen-bond donors (Lipinski definition) is 2. The molecule has 20 heavy (non-hydrogen) atoms. The minimum Gasteiger partial charge on any atom is -0.465 e. The number of amides is 1. The zero-order valence-corrected chi connectivity index (χ0v) is 11.2. The van der Waals surface area contributed by atoms with Gasteiger partial charge < -0.3 is 15.3 Å². The summed E-state index contributed by atoms with van der Waals surface area (Å²) in [5.74, 6) is 0. The van der Waals surface area contributed by atoms with Crippen LogP contribution < -0.4 is 5.32 Å². The lowest BCUT2D eigenvalue weighted by Gasteiger charge is -2.31. The van der Waals surface area contributed by atoms with Crippen LogP contribution in [0.3, 0.4) is 0 Å². The largest absolute Gasteiger partial charge is 0.465 e. The summed E-state index contributed by atoms with van der Waals surface area (Å²) in [6, 6.07) is 1.28. The Morgan fingerprint density at radius 3 is 3.05 bits per heavy atom. The van der Waals surface area contributed by atoms with Crippen molar-refractivity contribution in [1.82, 2.24) is 9.88 Å². The van der Waals surface area contributed by atoms with E-state index in [1.54, 1.807) is 0 Å². The number of aromatic nitrogens is 1. The number of nitrogens with zero attached hydrogens (tertiary/aromatic N) is 3. The molecule has 0 bridgehead atoms. The van der Waals surface area contributed by atoms with Crippen molar-refractivity contribution >= 4 is 29.1 Å². The fraction of sp³-hybridized carbons (Fsp3) is 0.455. The van der Waals surface area contributed by atoms with E-state index in [0.717, 1.165) is 6.42 Å². The van der Waals surface area contributed by atoms with E-state index in [2.05, 4.69) is 10.3 Å². The van der Waals surface area contributed by atoms with E-state index in [0.29, 0.717) is 13.0 Å². The molecule has 8 nitrogen and oxygen atoms in total. The third kappa shape index (κ3) is 3.08. The maximum Gasteiger partial charge on any atom is 0.407 e. The number of halogens is 1. The molecular formula is C11H13ClN4O4. The van der Waals surface area contributed by atoms with Gasteiger partial charge in [-0.15, -0.1) is 0 Å². The smallest absolute Gasteiger partial charge is 0.407 e. The predicted octanol–water partition coefficient (Wildman–Crippen LogP) is 2.20. The lowest BCUT2D eigenvalue weighted by molar-refractivity contribution is -0.384. The molecule has 108 valence electrons. The molecule has 1 aromatic heterocycles. The Morgan fingerprint density at radius 1 is 1.65 bits per heavy atom. The molecule has 1 aromatic rings. The molecule has 1 fully saturated rings. The van der Waals surface area contributed by atoms with Gasteiger partial charge in [-0.2, -0.15) is 0 Å². The molecule has 0 saturated carbocycles. The van der Waals surface area contributed by atoms with Gasteiger partial charge in [0.2, 0.25) is 5.15 Å².